The van der Waals surface area contributed by atoms with Gasteiger partial charge in [-0.15, -0.1) is 0 Å². The lowest BCUT2D eigenvalue weighted by Gasteiger charge is -2.46. The van der Waals surface area contributed by atoms with E-state index in [-0.39, 0.29) is 33.8 Å². The van der Waals surface area contributed by atoms with E-state index in [4.69, 9.17) is 0 Å². The third kappa shape index (κ3) is 7.34. The third-order valence-corrected chi connectivity index (χ3v) is 13.9. The fourth-order valence-corrected chi connectivity index (χ4v) is 10.3. The summed E-state index contributed by atoms with van der Waals surface area (Å²) >= 11 is 0. The largest absolute Gasteiger partial charge is 0.338 e. The summed E-state index contributed by atoms with van der Waals surface area (Å²) in [6.45, 7) is 33.9. The zero-order chi connectivity index (χ0) is 43.6. The maximum Gasteiger partial charge on any atom is 0.252 e. The monoisotopic (exact) mass is 803 g/mol. The van der Waals surface area contributed by atoms with E-state index in [0.717, 1.165) is 19.4 Å². The summed E-state index contributed by atoms with van der Waals surface area (Å²) in [5, 5.41) is 0. The van der Waals surface area contributed by atoms with Gasteiger partial charge < -0.3 is 9.80 Å². The van der Waals surface area contributed by atoms with Crippen molar-refractivity contribution in [1.82, 2.24) is 0 Å². The minimum Gasteiger partial charge on any atom is -0.338 e. The molecule has 6 aromatic rings. The van der Waals surface area contributed by atoms with Gasteiger partial charge in [0.15, 0.2) is 0 Å². The quantitative estimate of drug-likeness (QED) is 0.164. The first kappa shape index (κ1) is 41.3. The second kappa shape index (κ2) is 14.0. The Bertz CT molecular complexity index is 2670. The maximum absolute atomic E-state index is 2.73. The van der Waals surface area contributed by atoms with Crippen molar-refractivity contribution in [3.8, 4) is 11.1 Å². The molecule has 2 aliphatic heterocycles. The highest BCUT2D eigenvalue weighted by Crippen LogP contribution is 2.47. The van der Waals surface area contributed by atoms with Gasteiger partial charge in [-0.2, -0.15) is 0 Å². The van der Waals surface area contributed by atoms with Gasteiger partial charge in [-0.05, 0) is 143 Å². The zero-order valence-electron chi connectivity index (χ0n) is 39.6. The highest BCUT2D eigenvalue weighted by atomic mass is 15.2. The number of hydrogen-bond donors (Lipinski definition) is 0. The van der Waals surface area contributed by atoms with E-state index < -0.39 is 0 Å². The number of fused-ring (bicyclic) bond motifs is 5. The Hall–Kier alpha value is -5.02. The molecule has 0 bridgehead atoms. The molecule has 2 heterocycles. The molecule has 2 nitrogen and oxygen atoms in total. The van der Waals surface area contributed by atoms with Gasteiger partial charge in [-0.25, -0.2) is 0 Å². The van der Waals surface area contributed by atoms with Gasteiger partial charge in [0.1, 0.15) is 0 Å². The number of anilines is 5. The van der Waals surface area contributed by atoms with Crippen LogP contribution >= 0.6 is 0 Å². The molecule has 1 aliphatic carbocycles. The molecule has 3 aliphatic rings. The SMILES string of the molecule is CC1(C)Cc2cc3c(cc2C1)N(Cc1ccc(C(C)(C)C)cc1-c1ccccc1)c1cc(C(C)(C)C)cc2c1B3c1cc(C(C)(C)C)ccc1N2c1ccc(C(C)(C)C)cc1. The van der Waals surface area contributed by atoms with Crippen LogP contribution in [0, 0.1) is 5.41 Å². The lowest BCUT2D eigenvalue weighted by Crippen LogP contribution is -2.62. The zero-order valence-corrected chi connectivity index (χ0v) is 39.6. The molecule has 6 aromatic carbocycles. The standard InChI is InChI=1S/C58H67BN2/c1-54(2,3)41-22-25-45(26-23-41)61-49-27-24-43(56(7,8)9)31-48(49)59-47-28-39-34-58(13,14)35-40(39)29-50(47)60(51-32-44(57(10,11)12)33-52(61)53(51)59)36-38-20-21-42(55(4,5)6)30-46(38)37-18-16-15-17-19-37/h15-33H,34-36H2,1-14H3. The normalized spacial score (nSPS) is 15.7. The third-order valence-electron chi connectivity index (χ3n) is 13.9. The number of nitrogens with zero attached hydrogens (tertiary/aromatic N) is 2. The molecule has 0 aromatic heterocycles. The summed E-state index contributed by atoms with van der Waals surface area (Å²) < 4.78 is 0. The molecule has 0 saturated carbocycles. The van der Waals surface area contributed by atoms with E-state index >= 15 is 0 Å². The molecule has 0 saturated heterocycles. The lowest BCUT2D eigenvalue weighted by molar-refractivity contribution is 0.392. The van der Waals surface area contributed by atoms with Crippen molar-refractivity contribution in [2.75, 3.05) is 9.80 Å². The van der Waals surface area contributed by atoms with Crippen molar-refractivity contribution in [3.63, 3.8) is 0 Å². The molecule has 0 N–H and O–H groups in total. The Morgan fingerprint density at radius 2 is 1.03 bits per heavy atom. The van der Waals surface area contributed by atoms with Gasteiger partial charge in [-0.1, -0.05) is 176 Å². The van der Waals surface area contributed by atoms with E-state index in [1.54, 1.807) is 0 Å². The van der Waals surface area contributed by atoms with Crippen LogP contribution < -0.4 is 26.2 Å². The van der Waals surface area contributed by atoms with Gasteiger partial charge in [0, 0.05) is 35.0 Å². The Labute approximate surface area is 368 Å². The van der Waals surface area contributed by atoms with Crippen molar-refractivity contribution >= 4 is 51.5 Å². The first-order valence-electron chi connectivity index (χ1n) is 22.8. The predicted molar refractivity (Wildman–Crippen MR) is 266 cm³/mol. The van der Waals surface area contributed by atoms with Crippen molar-refractivity contribution in [2.24, 2.45) is 5.41 Å². The number of hydrogen-bond acceptors (Lipinski definition) is 2. The minimum absolute atomic E-state index is 0.00592. The van der Waals surface area contributed by atoms with E-state index in [9.17, 15) is 0 Å². The van der Waals surface area contributed by atoms with Crippen LogP contribution in [0.2, 0.25) is 0 Å². The minimum atomic E-state index is -0.0728. The average molecular weight is 803 g/mol. The maximum atomic E-state index is 2.73. The molecule has 9 rings (SSSR count). The van der Waals surface area contributed by atoms with Crippen LogP contribution in [0.25, 0.3) is 11.1 Å². The molecule has 312 valence electrons. The van der Waals surface area contributed by atoms with Gasteiger partial charge in [0.05, 0.1) is 0 Å². The van der Waals surface area contributed by atoms with Crippen LogP contribution in [0.15, 0.2) is 115 Å². The Balaban J connectivity index is 1.36. The highest BCUT2D eigenvalue weighted by molar-refractivity contribution is 7.00. The van der Waals surface area contributed by atoms with Gasteiger partial charge in [0.2, 0.25) is 0 Å². The number of benzene rings is 6. The molecule has 0 amide bonds. The van der Waals surface area contributed by atoms with Crippen molar-refractivity contribution in [1.29, 1.82) is 0 Å². The molecular formula is C58H67BN2. The molecule has 0 atom stereocenters. The summed E-state index contributed by atoms with van der Waals surface area (Å²) in [6, 6.07) is 45.5. The molecule has 0 radical (unpaired) electrons. The Morgan fingerprint density at radius 3 is 1.66 bits per heavy atom. The summed E-state index contributed by atoms with van der Waals surface area (Å²) in [5.41, 5.74) is 23.4. The number of rotatable bonds is 4. The van der Waals surface area contributed by atoms with E-state index in [0.29, 0.717) is 0 Å². The van der Waals surface area contributed by atoms with Crippen LogP contribution in [-0.2, 0) is 41.0 Å². The molecule has 61 heavy (non-hydrogen) atoms. The van der Waals surface area contributed by atoms with Crippen molar-refractivity contribution in [2.45, 2.75) is 138 Å². The average Bonchev–Trinajstić information content (AvgIpc) is 3.49. The molecule has 0 unspecified atom stereocenters. The fraction of sp³-hybridized carbons (Fsp3) is 0.379. The van der Waals surface area contributed by atoms with Gasteiger partial charge >= 0.3 is 0 Å². The summed E-state index contributed by atoms with van der Waals surface area (Å²) in [6.07, 6.45) is 2.21. The topological polar surface area (TPSA) is 6.48 Å². The summed E-state index contributed by atoms with van der Waals surface area (Å²) in [7, 11) is 0. The van der Waals surface area contributed by atoms with Crippen molar-refractivity contribution < 1.29 is 0 Å². The summed E-state index contributed by atoms with van der Waals surface area (Å²) in [5.74, 6) is 0. The second-order valence-electron chi connectivity index (χ2n) is 23.5. The Morgan fingerprint density at radius 1 is 0.492 bits per heavy atom. The molecule has 3 heteroatoms. The smallest absolute Gasteiger partial charge is 0.252 e. The van der Waals surface area contributed by atoms with Crippen LogP contribution in [0.4, 0.5) is 28.4 Å². The van der Waals surface area contributed by atoms with Crippen LogP contribution in [-0.4, -0.2) is 6.71 Å². The van der Waals surface area contributed by atoms with E-state index in [1.807, 2.05) is 0 Å². The van der Waals surface area contributed by atoms with Gasteiger partial charge in [-0.3, -0.25) is 0 Å². The van der Waals surface area contributed by atoms with E-state index in [1.165, 1.54) is 94.9 Å². The van der Waals surface area contributed by atoms with E-state index in [2.05, 4.69) is 222 Å². The lowest BCUT2D eigenvalue weighted by atomic mass is 9.33. The fourth-order valence-electron chi connectivity index (χ4n) is 10.3. The molecule has 0 spiro atoms. The second-order valence-corrected chi connectivity index (χ2v) is 23.5. The predicted octanol–water partition coefficient (Wildman–Crippen LogP) is 13.6. The molecular weight excluding hydrogens is 735 g/mol. The van der Waals surface area contributed by atoms with Crippen molar-refractivity contribution in [3.05, 3.63) is 154 Å². The first-order valence-corrected chi connectivity index (χ1v) is 22.8. The highest BCUT2D eigenvalue weighted by Gasteiger charge is 2.45. The molecule has 0 fully saturated rings. The first-order chi connectivity index (χ1) is 28.5. The summed E-state index contributed by atoms with van der Waals surface area (Å²) in [4.78, 5) is 5.33. The van der Waals surface area contributed by atoms with Crippen LogP contribution in [0.1, 0.15) is 136 Å². The van der Waals surface area contributed by atoms with Crippen LogP contribution in [0.3, 0.4) is 0 Å². The van der Waals surface area contributed by atoms with Crippen LogP contribution in [0.5, 0.6) is 0 Å². The van der Waals surface area contributed by atoms with Gasteiger partial charge in [0.25, 0.3) is 6.71 Å². The Kier molecular flexibility index (Phi) is 9.49.